The molecule has 3 N–H and O–H groups in total. The molecule has 0 unspecified atom stereocenters. The maximum Gasteiger partial charge on any atom is 0.271 e. The lowest BCUT2D eigenvalue weighted by molar-refractivity contribution is 0.0946. The zero-order valence-electron chi connectivity index (χ0n) is 10.3. The number of benzene rings is 1. The summed E-state index contributed by atoms with van der Waals surface area (Å²) in [7, 11) is 0. The fourth-order valence-electron chi connectivity index (χ4n) is 1.66. The van der Waals surface area contributed by atoms with Crippen LogP contribution in [0.15, 0.2) is 36.8 Å². The van der Waals surface area contributed by atoms with Crippen LogP contribution < -0.4 is 11.1 Å². The van der Waals surface area contributed by atoms with E-state index in [0.29, 0.717) is 30.4 Å². The molecule has 5 nitrogen and oxygen atoms in total. The van der Waals surface area contributed by atoms with Crippen LogP contribution in [0.3, 0.4) is 0 Å². The Bertz CT molecular complexity index is 567. The van der Waals surface area contributed by atoms with E-state index in [4.69, 9.17) is 17.3 Å². The van der Waals surface area contributed by atoms with Gasteiger partial charge in [0.15, 0.2) is 0 Å². The Kier molecular flexibility index (Phi) is 4.54. The lowest BCUT2D eigenvalue weighted by Crippen LogP contribution is -2.23. The number of nitrogens with one attached hydrogen (secondary N) is 1. The number of halogens is 1. The van der Waals surface area contributed by atoms with Gasteiger partial charge in [-0.3, -0.25) is 4.79 Å². The number of nitrogens with two attached hydrogens (primary N) is 1. The highest BCUT2D eigenvalue weighted by Gasteiger charge is 2.09. The lowest BCUT2D eigenvalue weighted by Gasteiger charge is -2.05. The smallest absolute Gasteiger partial charge is 0.271 e. The molecule has 0 bridgehead atoms. The number of carbonyl (C=O) groups excluding carboxylic acids is 1. The van der Waals surface area contributed by atoms with E-state index in [-0.39, 0.29) is 5.91 Å². The number of hydrogen-bond acceptors (Lipinski definition) is 3. The summed E-state index contributed by atoms with van der Waals surface area (Å²) in [6.07, 6.45) is 3.27. The molecule has 0 saturated heterocycles. The fourth-order valence-corrected chi connectivity index (χ4v) is 1.86. The van der Waals surface area contributed by atoms with Crippen LogP contribution in [-0.2, 0) is 13.1 Å². The zero-order chi connectivity index (χ0) is 13.7. The van der Waals surface area contributed by atoms with Gasteiger partial charge in [-0.15, -0.1) is 0 Å². The summed E-state index contributed by atoms with van der Waals surface area (Å²) in [5, 5.41) is 3.42. The van der Waals surface area contributed by atoms with Crippen molar-refractivity contribution in [3.8, 4) is 0 Å². The lowest BCUT2D eigenvalue weighted by atomic mass is 10.2. The summed E-state index contributed by atoms with van der Waals surface area (Å²) < 4.78 is 1.78. The molecule has 0 aliphatic rings. The molecule has 100 valence electrons. The molecule has 0 fully saturated rings. The van der Waals surface area contributed by atoms with E-state index in [0.717, 1.165) is 5.56 Å². The van der Waals surface area contributed by atoms with Gasteiger partial charge in [-0.05, 0) is 11.6 Å². The highest BCUT2D eigenvalue weighted by atomic mass is 35.5. The van der Waals surface area contributed by atoms with E-state index in [2.05, 4.69) is 10.3 Å². The van der Waals surface area contributed by atoms with Crippen molar-refractivity contribution in [3.05, 3.63) is 53.1 Å². The number of imidazole rings is 1. The van der Waals surface area contributed by atoms with Crippen molar-refractivity contribution in [3.63, 3.8) is 0 Å². The predicted molar refractivity (Wildman–Crippen MR) is 73.9 cm³/mol. The van der Waals surface area contributed by atoms with Crippen molar-refractivity contribution < 1.29 is 4.79 Å². The van der Waals surface area contributed by atoms with E-state index >= 15 is 0 Å². The van der Waals surface area contributed by atoms with Gasteiger partial charge in [0.05, 0.1) is 6.33 Å². The third kappa shape index (κ3) is 3.56. The van der Waals surface area contributed by atoms with Crippen molar-refractivity contribution in [1.29, 1.82) is 0 Å². The Morgan fingerprint density at radius 2 is 2.21 bits per heavy atom. The van der Waals surface area contributed by atoms with Crippen molar-refractivity contribution >= 4 is 17.5 Å². The molecule has 0 aliphatic carbocycles. The van der Waals surface area contributed by atoms with Crippen LogP contribution in [-0.4, -0.2) is 22.0 Å². The molecule has 1 aromatic heterocycles. The van der Waals surface area contributed by atoms with E-state index in [9.17, 15) is 4.79 Å². The highest BCUT2D eigenvalue weighted by molar-refractivity contribution is 6.31. The van der Waals surface area contributed by atoms with Gasteiger partial charge in [-0.1, -0.05) is 29.8 Å². The average Bonchev–Trinajstić information content (AvgIpc) is 2.87. The fraction of sp³-hybridized carbons (Fsp3) is 0.231. The molecule has 0 aliphatic heterocycles. The van der Waals surface area contributed by atoms with Gasteiger partial charge < -0.3 is 15.6 Å². The maximum absolute atomic E-state index is 11.9. The van der Waals surface area contributed by atoms with Crippen LogP contribution in [0.2, 0.25) is 5.02 Å². The quantitative estimate of drug-likeness (QED) is 0.869. The van der Waals surface area contributed by atoms with Crippen LogP contribution in [0.4, 0.5) is 0 Å². The molecule has 1 heterocycles. The predicted octanol–water partition coefficient (Wildman–Crippen LogP) is 1.43. The van der Waals surface area contributed by atoms with Gasteiger partial charge in [0.2, 0.25) is 0 Å². The number of carbonyl (C=O) groups is 1. The molecule has 0 atom stereocenters. The third-order valence-electron chi connectivity index (χ3n) is 2.65. The summed E-state index contributed by atoms with van der Waals surface area (Å²) in [5.41, 5.74) is 6.68. The number of rotatable bonds is 5. The Morgan fingerprint density at radius 3 is 2.95 bits per heavy atom. The first-order valence-electron chi connectivity index (χ1n) is 5.94. The molecule has 1 aromatic carbocycles. The van der Waals surface area contributed by atoms with Crippen LogP contribution in [0.1, 0.15) is 16.1 Å². The van der Waals surface area contributed by atoms with Gasteiger partial charge in [-0.2, -0.15) is 0 Å². The van der Waals surface area contributed by atoms with Crippen molar-refractivity contribution in [2.45, 2.75) is 13.1 Å². The standard InChI is InChI=1S/C13H15ClN4O/c14-11-4-2-1-3-10(11)7-16-13(19)12-8-18(6-5-15)9-17-12/h1-4,8-9H,5-7,15H2,(H,16,19). The first-order chi connectivity index (χ1) is 9.20. The minimum absolute atomic E-state index is 0.226. The number of amides is 1. The maximum atomic E-state index is 11.9. The van der Waals surface area contributed by atoms with E-state index < -0.39 is 0 Å². The van der Waals surface area contributed by atoms with Gasteiger partial charge in [0.1, 0.15) is 5.69 Å². The second-order valence-corrected chi connectivity index (χ2v) is 4.47. The molecule has 0 spiro atoms. The van der Waals surface area contributed by atoms with E-state index in [1.807, 2.05) is 18.2 Å². The van der Waals surface area contributed by atoms with Crippen LogP contribution in [0.5, 0.6) is 0 Å². The second-order valence-electron chi connectivity index (χ2n) is 4.06. The Labute approximate surface area is 116 Å². The summed E-state index contributed by atoms with van der Waals surface area (Å²) in [5.74, 6) is -0.226. The molecule has 2 rings (SSSR count). The van der Waals surface area contributed by atoms with Crippen LogP contribution in [0, 0.1) is 0 Å². The van der Waals surface area contributed by atoms with Crippen molar-refractivity contribution in [2.24, 2.45) is 5.73 Å². The van der Waals surface area contributed by atoms with Gasteiger partial charge in [0, 0.05) is 30.9 Å². The Morgan fingerprint density at radius 1 is 1.42 bits per heavy atom. The molecule has 19 heavy (non-hydrogen) atoms. The molecule has 0 saturated carbocycles. The summed E-state index contributed by atoms with van der Waals surface area (Å²) in [6, 6.07) is 7.39. The molecule has 2 aromatic rings. The first-order valence-corrected chi connectivity index (χ1v) is 6.32. The van der Waals surface area contributed by atoms with Crippen LogP contribution in [0.25, 0.3) is 0 Å². The summed E-state index contributed by atoms with van der Waals surface area (Å²) in [4.78, 5) is 15.9. The van der Waals surface area contributed by atoms with Crippen molar-refractivity contribution in [1.82, 2.24) is 14.9 Å². The van der Waals surface area contributed by atoms with E-state index in [1.54, 1.807) is 23.2 Å². The molecule has 1 amide bonds. The molecular formula is C13H15ClN4O. The second kappa shape index (κ2) is 6.36. The summed E-state index contributed by atoms with van der Waals surface area (Å²) in [6.45, 7) is 1.53. The largest absolute Gasteiger partial charge is 0.347 e. The Hall–Kier alpha value is -1.85. The van der Waals surface area contributed by atoms with Gasteiger partial charge >= 0.3 is 0 Å². The number of aromatic nitrogens is 2. The van der Waals surface area contributed by atoms with Crippen LogP contribution >= 0.6 is 11.6 Å². The number of nitrogens with zero attached hydrogens (tertiary/aromatic N) is 2. The normalized spacial score (nSPS) is 10.4. The monoisotopic (exact) mass is 278 g/mol. The number of hydrogen-bond donors (Lipinski definition) is 2. The minimum atomic E-state index is -0.226. The highest BCUT2D eigenvalue weighted by Crippen LogP contribution is 2.14. The third-order valence-corrected chi connectivity index (χ3v) is 3.02. The zero-order valence-corrected chi connectivity index (χ0v) is 11.1. The van der Waals surface area contributed by atoms with E-state index in [1.165, 1.54) is 0 Å². The molecular weight excluding hydrogens is 264 g/mol. The van der Waals surface area contributed by atoms with Gasteiger partial charge in [-0.25, -0.2) is 4.98 Å². The first kappa shape index (κ1) is 13.6. The molecule has 0 radical (unpaired) electrons. The SMILES string of the molecule is NCCn1cnc(C(=O)NCc2ccccc2Cl)c1. The average molecular weight is 279 g/mol. The Balaban J connectivity index is 1.95. The van der Waals surface area contributed by atoms with Crippen molar-refractivity contribution in [2.75, 3.05) is 6.54 Å². The minimum Gasteiger partial charge on any atom is -0.347 e. The molecule has 6 heteroatoms. The topological polar surface area (TPSA) is 72.9 Å². The summed E-state index contributed by atoms with van der Waals surface area (Å²) >= 11 is 6.01. The van der Waals surface area contributed by atoms with Gasteiger partial charge in [0.25, 0.3) is 5.91 Å².